The Hall–Kier alpha value is -3.40. The summed E-state index contributed by atoms with van der Waals surface area (Å²) in [5.74, 6) is -0.159. The molecule has 2 amide bonds. The van der Waals surface area contributed by atoms with Gasteiger partial charge in [0.05, 0.1) is 6.42 Å². The summed E-state index contributed by atoms with van der Waals surface area (Å²) in [5, 5.41) is 3.12. The molecular weight excluding hydrogens is 408 g/mol. The molecule has 0 aliphatic carbocycles. The van der Waals surface area contributed by atoms with Crippen LogP contribution in [0.15, 0.2) is 84.9 Å². The van der Waals surface area contributed by atoms with E-state index in [0.717, 1.165) is 28.7 Å². The summed E-state index contributed by atoms with van der Waals surface area (Å²) in [5.41, 5.74) is 4.13. The van der Waals surface area contributed by atoms with E-state index in [9.17, 15) is 9.59 Å². The minimum absolute atomic E-state index is 0.0420. The van der Waals surface area contributed by atoms with Gasteiger partial charge >= 0.3 is 0 Å². The van der Waals surface area contributed by atoms with E-state index in [0.29, 0.717) is 13.0 Å². The molecule has 33 heavy (non-hydrogen) atoms. The van der Waals surface area contributed by atoms with Crippen LogP contribution in [-0.2, 0) is 29.0 Å². The molecule has 3 aromatic carbocycles. The van der Waals surface area contributed by atoms with Crippen LogP contribution in [0.4, 0.5) is 0 Å². The van der Waals surface area contributed by atoms with Crippen LogP contribution in [0.5, 0.6) is 0 Å². The van der Waals surface area contributed by atoms with Gasteiger partial charge in [0.2, 0.25) is 11.8 Å². The topological polar surface area (TPSA) is 49.4 Å². The van der Waals surface area contributed by atoms with Crippen LogP contribution in [0.25, 0.3) is 0 Å². The van der Waals surface area contributed by atoms with E-state index in [-0.39, 0.29) is 24.3 Å². The fourth-order valence-electron chi connectivity index (χ4n) is 3.84. The number of carbonyl (C=O) groups excluding carboxylic acids is 2. The normalized spacial score (nSPS) is 12.6. The van der Waals surface area contributed by atoms with Crippen molar-refractivity contribution in [3.05, 3.63) is 107 Å². The third-order valence-electron chi connectivity index (χ3n) is 6.07. The standard InChI is InChI=1S/C29H34N2O2/c1-4-23(3)30-29(33)27(19-24-14-7-5-8-15-24)31(21-26-18-12-11-13-22(26)2)28(32)20-25-16-9-6-10-17-25/h5-18,23,27H,4,19-21H2,1-3H3,(H,30,33). The second kappa shape index (κ2) is 12.0. The van der Waals surface area contributed by atoms with E-state index < -0.39 is 6.04 Å². The summed E-state index contributed by atoms with van der Waals surface area (Å²) >= 11 is 0. The van der Waals surface area contributed by atoms with Crippen molar-refractivity contribution >= 4 is 11.8 Å². The molecule has 0 heterocycles. The molecule has 0 fully saturated rings. The van der Waals surface area contributed by atoms with Gasteiger partial charge in [0.1, 0.15) is 6.04 Å². The highest BCUT2D eigenvalue weighted by molar-refractivity contribution is 5.89. The first-order valence-corrected chi connectivity index (χ1v) is 11.7. The van der Waals surface area contributed by atoms with Crippen LogP contribution >= 0.6 is 0 Å². The SMILES string of the molecule is CCC(C)NC(=O)C(Cc1ccccc1)N(Cc1ccccc1C)C(=O)Cc1ccccc1. The van der Waals surface area contributed by atoms with Crippen LogP contribution in [0.2, 0.25) is 0 Å². The van der Waals surface area contributed by atoms with Crippen LogP contribution in [0.1, 0.15) is 42.5 Å². The van der Waals surface area contributed by atoms with Gasteiger partial charge in [-0.1, -0.05) is 91.9 Å². The van der Waals surface area contributed by atoms with Crippen LogP contribution in [0, 0.1) is 6.92 Å². The first-order chi connectivity index (χ1) is 16.0. The molecule has 2 atom stereocenters. The fourth-order valence-corrected chi connectivity index (χ4v) is 3.84. The van der Waals surface area contributed by atoms with Crippen molar-refractivity contribution in [3.8, 4) is 0 Å². The zero-order chi connectivity index (χ0) is 23.6. The summed E-state index contributed by atoms with van der Waals surface area (Å²) in [6.07, 6.45) is 1.56. The van der Waals surface area contributed by atoms with Crippen molar-refractivity contribution in [1.82, 2.24) is 10.2 Å². The predicted molar refractivity (Wildman–Crippen MR) is 134 cm³/mol. The summed E-state index contributed by atoms with van der Waals surface area (Å²) in [6, 6.07) is 27.1. The van der Waals surface area contributed by atoms with Gasteiger partial charge in [0, 0.05) is 19.0 Å². The van der Waals surface area contributed by atoms with Gasteiger partial charge in [0.15, 0.2) is 0 Å². The van der Waals surface area contributed by atoms with Crippen molar-refractivity contribution in [2.75, 3.05) is 0 Å². The third kappa shape index (κ3) is 7.04. The molecule has 0 saturated carbocycles. The van der Waals surface area contributed by atoms with Crippen molar-refractivity contribution in [2.24, 2.45) is 0 Å². The average Bonchev–Trinajstić information content (AvgIpc) is 2.83. The molecule has 4 nitrogen and oxygen atoms in total. The summed E-state index contributed by atoms with van der Waals surface area (Å²) in [4.78, 5) is 28.9. The maximum atomic E-state index is 13.7. The molecular formula is C29H34N2O2. The largest absolute Gasteiger partial charge is 0.352 e. The molecule has 172 valence electrons. The van der Waals surface area contributed by atoms with Gasteiger partial charge in [-0.25, -0.2) is 0 Å². The second-order valence-corrected chi connectivity index (χ2v) is 8.63. The Bertz CT molecular complexity index is 1030. The van der Waals surface area contributed by atoms with E-state index in [1.54, 1.807) is 4.90 Å². The van der Waals surface area contributed by atoms with Crippen LogP contribution in [-0.4, -0.2) is 28.8 Å². The monoisotopic (exact) mass is 442 g/mol. The second-order valence-electron chi connectivity index (χ2n) is 8.63. The predicted octanol–water partition coefficient (Wildman–Crippen LogP) is 5.09. The number of nitrogens with one attached hydrogen (secondary N) is 1. The quantitative estimate of drug-likeness (QED) is 0.475. The Morgan fingerprint density at radius 2 is 1.42 bits per heavy atom. The highest BCUT2D eigenvalue weighted by Crippen LogP contribution is 2.18. The lowest BCUT2D eigenvalue weighted by molar-refractivity contribution is -0.141. The zero-order valence-corrected chi connectivity index (χ0v) is 19.8. The molecule has 0 radical (unpaired) electrons. The molecule has 0 saturated heterocycles. The number of amides is 2. The van der Waals surface area contributed by atoms with E-state index in [1.165, 1.54) is 0 Å². The number of hydrogen-bond donors (Lipinski definition) is 1. The minimum Gasteiger partial charge on any atom is -0.352 e. The lowest BCUT2D eigenvalue weighted by Crippen LogP contribution is -2.52. The molecule has 2 unspecified atom stereocenters. The van der Waals surface area contributed by atoms with Crippen molar-refractivity contribution in [1.29, 1.82) is 0 Å². The molecule has 0 aliphatic heterocycles. The molecule has 0 aromatic heterocycles. The summed E-state index contributed by atoms with van der Waals surface area (Å²) in [7, 11) is 0. The van der Waals surface area contributed by atoms with Gasteiger partial charge in [0.25, 0.3) is 0 Å². The Balaban J connectivity index is 1.97. The number of aryl methyl sites for hydroxylation is 1. The van der Waals surface area contributed by atoms with Gasteiger partial charge in [-0.3, -0.25) is 9.59 Å². The van der Waals surface area contributed by atoms with E-state index >= 15 is 0 Å². The molecule has 3 rings (SSSR count). The van der Waals surface area contributed by atoms with Crippen molar-refractivity contribution < 1.29 is 9.59 Å². The summed E-state index contributed by atoms with van der Waals surface area (Å²) in [6.45, 7) is 6.47. The highest BCUT2D eigenvalue weighted by Gasteiger charge is 2.31. The van der Waals surface area contributed by atoms with Crippen LogP contribution in [0.3, 0.4) is 0 Å². The highest BCUT2D eigenvalue weighted by atomic mass is 16.2. The molecule has 4 heteroatoms. The number of nitrogens with zero attached hydrogens (tertiary/aromatic N) is 1. The first kappa shape index (κ1) is 24.2. The molecule has 1 N–H and O–H groups in total. The van der Waals surface area contributed by atoms with Crippen molar-refractivity contribution in [3.63, 3.8) is 0 Å². The number of rotatable bonds is 10. The lowest BCUT2D eigenvalue weighted by atomic mass is 10.00. The molecule has 0 aliphatic rings. The third-order valence-corrected chi connectivity index (χ3v) is 6.07. The van der Waals surface area contributed by atoms with Crippen LogP contribution < -0.4 is 5.32 Å². The van der Waals surface area contributed by atoms with E-state index in [4.69, 9.17) is 0 Å². The van der Waals surface area contributed by atoms with Gasteiger partial charge in [-0.15, -0.1) is 0 Å². The lowest BCUT2D eigenvalue weighted by Gasteiger charge is -2.33. The number of carbonyl (C=O) groups is 2. The maximum Gasteiger partial charge on any atom is 0.243 e. The average molecular weight is 443 g/mol. The Kier molecular flexibility index (Phi) is 8.82. The molecule has 0 bridgehead atoms. The Morgan fingerprint density at radius 1 is 0.848 bits per heavy atom. The maximum absolute atomic E-state index is 13.7. The van der Waals surface area contributed by atoms with E-state index in [1.807, 2.05) is 106 Å². The molecule has 0 spiro atoms. The smallest absolute Gasteiger partial charge is 0.243 e. The Morgan fingerprint density at radius 3 is 2.03 bits per heavy atom. The number of hydrogen-bond acceptors (Lipinski definition) is 2. The van der Waals surface area contributed by atoms with Gasteiger partial charge in [-0.2, -0.15) is 0 Å². The van der Waals surface area contributed by atoms with Gasteiger partial charge in [-0.05, 0) is 42.5 Å². The Labute approximate surface area is 197 Å². The number of benzene rings is 3. The van der Waals surface area contributed by atoms with E-state index in [2.05, 4.69) is 5.32 Å². The minimum atomic E-state index is -0.600. The van der Waals surface area contributed by atoms with Gasteiger partial charge < -0.3 is 10.2 Å². The van der Waals surface area contributed by atoms with Crippen molar-refractivity contribution in [2.45, 2.75) is 58.7 Å². The summed E-state index contributed by atoms with van der Waals surface area (Å²) < 4.78 is 0. The molecule has 3 aromatic rings. The fraction of sp³-hybridized carbons (Fsp3) is 0.310. The first-order valence-electron chi connectivity index (χ1n) is 11.7. The zero-order valence-electron chi connectivity index (χ0n) is 19.8.